The van der Waals surface area contributed by atoms with Gasteiger partial charge in [-0.15, -0.1) is 0 Å². The van der Waals surface area contributed by atoms with Crippen LogP contribution >= 0.6 is 0 Å². The predicted octanol–water partition coefficient (Wildman–Crippen LogP) is 6.67. The summed E-state index contributed by atoms with van der Waals surface area (Å²) in [5.74, 6) is -0.911. The molecule has 5 rings (SSSR count). The molecule has 2 aliphatic rings. The molecule has 1 heterocycles. The average molecular weight is 480 g/mol. The van der Waals surface area contributed by atoms with Gasteiger partial charge in [0, 0.05) is 24.6 Å². The smallest absolute Gasteiger partial charge is 0.243 e. The number of amides is 1. The van der Waals surface area contributed by atoms with Crippen LogP contribution in [0, 0.1) is 17.6 Å². The Labute approximate surface area is 206 Å². The van der Waals surface area contributed by atoms with Gasteiger partial charge in [0.05, 0.1) is 11.0 Å². The summed E-state index contributed by atoms with van der Waals surface area (Å²) in [6.45, 7) is 0. The van der Waals surface area contributed by atoms with Crippen molar-refractivity contribution in [3.63, 3.8) is 0 Å². The quantitative estimate of drug-likeness (QED) is 0.411. The largest absolute Gasteiger partial charge is 0.352 e. The van der Waals surface area contributed by atoms with Crippen molar-refractivity contribution in [3.8, 4) is 0 Å². The highest BCUT2D eigenvalue weighted by Crippen LogP contribution is 2.37. The van der Waals surface area contributed by atoms with Crippen LogP contribution in [0.4, 0.5) is 8.78 Å². The number of nitrogens with zero attached hydrogens (tertiary/aromatic N) is 2. The Bertz CT molecular complexity index is 1150. The van der Waals surface area contributed by atoms with Crippen LogP contribution in [0.3, 0.4) is 0 Å². The van der Waals surface area contributed by atoms with E-state index in [4.69, 9.17) is 4.98 Å². The zero-order valence-electron chi connectivity index (χ0n) is 20.3. The van der Waals surface area contributed by atoms with E-state index < -0.39 is 17.7 Å². The van der Waals surface area contributed by atoms with Gasteiger partial charge in [0.15, 0.2) is 11.6 Å². The molecule has 3 aromatic rings. The van der Waals surface area contributed by atoms with Gasteiger partial charge in [0.25, 0.3) is 0 Å². The highest BCUT2D eigenvalue weighted by molar-refractivity contribution is 5.85. The Morgan fingerprint density at radius 1 is 0.914 bits per heavy atom. The summed E-state index contributed by atoms with van der Waals surface area (Å²) in [5, 5.41) is 3.34. The van der Waals surface area contributed by atoms with Gasteiger partial charge in [-0.05, 0) is 43.6 Å². The van der Waals surface area contributed by atoms with Crippen molar-refractivity contribution >= 4 is 16.9 Å². The molecular weight excluding hydrogens is 444 g/mol. The van der Waals surface area contributed by atoms with E-state index in [9.17, 15) is 13.6 Å². The maximum absolute atomic E-state index is 14.5. The number of hydrogen-bond donors (Lipinski definition) is 1. The van der Waals surface area contributed by atoms with Crippen LogP contribution in [0.25, 0.3) is 11.0 Å². The van der Waals surface area contributed by atoms with E-state index in [0.29, 0.717) is 17.5 Å². The van der Waals surface area contributed by atoms with Crippen LogP contribution in [0.5, 0.6) is 0 Å². The van der Waals surface area contributed by atoms with Crippen molar-refractivity contribution in [2.24, 2.45) is 5.92 Å². The lowest BCUT2D eigenvalue weighted by Crippen LogP contribution is -2.43. The van der Waals surface area contributed by atoms with E-state index in [1.165, 1.54) is 30.5 Å². The molecule has 1 aromatic heterocycles. The van der Waals surface area contributed by atoms with Crippen LogP contribution in [0.1, 0.15) is 81.6 Å². The standard InChI is InChI=1S/C29H35F2N3O/c30-23-18-25-26(19-24(23)31)34(27(33-25)17-16-20-10-4-1-5-11-20)28(21-12-6-2-7-13-21)29(35)32-22-14-8-3-9-15-22/h1,4-5,10-11,18-19,21-22,28H,2-3,6-9,12-17H2,(H,32,35). The number of halogens is 2. The number of nitrogens with one attached hydrogen (secondary N) is 1. The molecule has 35 heavy (non-hydrogen) atoms. The Hall–Kier alpha value is -2.76. The molecular formula is C29H35F2N3O. The van der Waals surface area contributed by atoms with Gasteiger partial charge < -0.3 is 9.88 Å². The van der Waals surface area contributed by atoms with Gasteiger partial charge in [0.2, 0.25) is 5.91 Å². The molecule has 0 radical (unpaired) electrons. The second-order valence-corrected chi connectivity index (χ2v) is 10.3. The average Bonchev–Trinajstić information content (AvgIpc) is 3.21. The van der Waals surface area contributed by atoms with Crippen molar-refractivity contribution < 1.29 is 13.6 Å². The topological polar surface area (TPSA) is 46.9 Å². The highest BCUT2D eigenvalue weighted by atomic mass is 19.2. The third kappa shape index (κ3) is 5.41. The van der Waals surface area contributed by atoms with Crippen LogP contribution in [-0.4, -0.2) is 21.5 Å². The molecule has 2 fully saturated rings. The SMILES string of the molecule is O=C(NC1CCCCC1)C(C1CCCCC1)n1c(CCc2ccccc2)nc2cc(F)c(F)cc21. The normalized spacial score (nSPS) is 18.6. The molecule has 1 atom stereocenters. The number of hydrogen-bond acceptors (Lipinski definition) is 2. The second-order valence-electron chi connectivity index (χ2n) is 10.3. The molecule has 2 aliphatic carbocycles. The second kappa shape index (κ2) is 10.9. The van der Waals surface area contributed by atoms with E-state index >= 15 is 0 Å². The van der Waals surface area contributed by atoms with E-state index in [1.807, 2.05) is 22.8 Å². The fraction of sp³-hybridized carbons (Fsp3) is 0.517. The van der Waals surface area contributed by atoms with Crippen molar-refractivity contribution in [2.75, 3.05) is 0 Å². The van der Waals surface area contributed by atoms with Gasteiger partial charge in [0.1, 0.15) is 11.9 Å². The van der Waals surface area contributed by atoms with Gasteiger partial charge in [-0.1, -0.05) is 68.9 Å². The molecule has 4 nitrogen and oxygen atoms in total. The lowest BCUT2D eigenvalue weighted by Gasteiger charge is -2.33. The first kappa shape index (κ1) is 24.0. The summed E-state index contributed by atoms with van der Waals surface area (Å²) < 4.78 is 30.6. The molecule has 1 N–H and O–H groups in total. The molecule has 2 saturated carbocycles. The number of fused-ring (bicyclic) bond motifs is 1. The number of benzene rings is 2. The van der Waals surface area contributed by atoms with Gasteiger partial charge in [-0.2, -0.15) is 0 Å². The zero-order valence-corrected chi connectivity index (χ0v) is 20.3. The Morgan fingerprint density at radius 2 is 1.57 bits per heavy atom. The van der Waals surface area contributed by atoms with Gasteiger partial charge >= 0.3 is 0 Å². The summed E-state index contributed by atoms with van der Waals surface area (Å²) in [6.07, 6.45) is 12.1. The lowest BCUT2D eigenvalue weighted by atomic mass is 9.82. The summed E-state index contributed by atoms with van der Waals surface area (Å²) in [6, 6.07) is 12.3. The monoisotopic (exact) mass is 479 g/mol. The first-order valence-electron chi connectivity index (χ1n) is 13.3. The van der Waals surface area contributed by atoms with Crippen molar-refractivity contribution in [1.82, 2.24) is 14.9 Å². The van der Waals surface area contributed by atoms with Crippen LogP contribution in [0.2, 0.25) is 0 Å². The summed E-state index contributed by atoms with van der Waals surface area (Å²) >= 11 is 0. The van der Waals surface area contributed by atoms with Crippen molar-refractivity contribution in [2.45, 2.75) is 89.1 Å². The number of carbonyl (C=O) groups is 1. The minimum absolute atomic E-state index is 0.00814. The Kier molecular flexibility index (Phi) is 7.45. The fourth-order valence-corrected chi connectivity index (χ4v) is 6.05. The predicted molar refractivity (Wildman–Crippen MR) is 134 cm³/mol. The number of carbonyl (C=O) groups excluding carboxylic acids is 1. The first-order chi connectivity index (χ1) is 17.1. The molecule has 1 unspecified atom stereocenters. The molecule has 6 heteroatoms. The van der Waals surface area contributed by atoms with E-state index in [-0.39, 0.29) is 17.9 Å². The van der Waals surface area contributed by atoms with Crippen molar-refractivity contribution in [3.05, 3.63) is 65.5 Å². The molecule has 1 amide bonds. The minimum Gasteiger partial charge on any atom is -0.352 e. The van der Waals surface area contributed by atoms with Gasteiger partial charge in [-0.25, -0.2) is 13.8 Å². The van der Waals surface area contributed by atoms with Crippen LogP contribution < -0.4 is 5.32 Å². The van der Waals surface area contributed by atoms with Crippen LogP contribution in [-0.2, 0) is 17.6 Å². The first-order valence-corrected chi connectivity index (χ1v) is 13.3. The molecule has 0 bridgehead atoms. The van der Waals surface area contributed by atoms with Gasteiger partial charge in [-0.3, -0.25) is 4.79 Å². The number of aromatic nitrogens is 2. The summed E-state index contributed by atoms with van der Waals surface area (Å²) in [7, 11) is 0. The van der Waals surface area contributed by atoms with E-state index in [1.54, 1.807) is 0 Å². The fourth-order valence-electron chi connectivity index (χ4n) is 6.05. The molecule has 0 aliphatic heterocycles. The highest BCUT2D eigenvalue weighted by Gasteiger charge is 2.35. The van der Waals surface area contributed by atoms with E-state index in [0.717, 1.165) is 63.6 Å². The summed E-state index contributed by atoms with van der Waals surface area (Å²) in [5.41, 5.74) is 2.10. The molecule has 186 valence electrons. The van der Waals surface area contributed by atoms with Crippen molar-refractivity contribution in [1.29, 1.82) is 0 Å². The molecule has 0 saturated heterocycles. The number of imidazole rings is 1. The number of rotatable bonds is 7. The van der Waals surface area contributed by atoms with E-state index in [2.05, 4.69) is 17.4 Å². The Morgan fingerprint density at radius 3 is 2.29 bits per heavy atom. The maximum atomic E-state index is 14.5. The zero-order chi connectivity index (χ0) is 24.2. The third-order valence-electron chi connectivity index (χ3n) is 7.88. The number of aryl methyl sites for hydroxylation is 2. The maximum Gasteiger partial charge on any atom is 0.243 e. The third-order valence-corrected chi connectivity index (χ3v) is 7.88. The summed E-state index contributed by atoms with van der Waals surface area (Å²) in [4.78, 5) is 18.7. The minimum atomic E-state index is -0.905. The van der Waals surface area contributed by atoms with Crippen LogP contribution in [0.15, 0.2) is 42.5 Å². The molecule has 2 aromatic carbocycles. The lowest BCUT2D eigenvalue weighted by molar-refractivity contribution is -0.127. The molecule has 0 spiro atoms. The Balaban J connectivity index is 1.55.